The van der Waals surface area contributed by atoms with E-state index in [1.165, 1.54) is 4.80 Å². The Morgan fingerprint density at radius 1 is 1.50 bits per heavy atom. The molecule has 1 aromatic heterocycles. The van der Waals surface area contributed by atoms with Crippen LogP contribution in [0, 0.1) is 6.92 Å². The molecule has 0 saturated carbocycles. The van der Waals surface area contributed by atoms with Crippen molar-refractivity contribution in [3.8, 4) is 5.69 Å². The molecule has 0 unspecified atom stereocenters. The minimum atomic E-state index is -0.885. The lowest BCUT2D eigenvalue weighted by Crippen LogP contribution is -2.01. The van der Waals surface area contributed by atoms with Gasteiger partial charge in [-0.1, -0.05) is 17.7 Å². The van der Waals surface area contributed by atoms with Crippen molar-refractivity contribution in [2.24, 2.45) is 0 Å². The summed E-state index contributed by atoms with van der Waals surface area (Å²) >= 11 is 6.01. The van der Waals surface area contributed by atoms with E-state index in [0.717, 1.165) is 5.56 Å². The van der Waals surface area contributed by atoms with Gasteiger partial charge in [0.2, 0.25) is 0 Å². The van der Waals surface area contributed by atoms with Gasteiger partial charge in [-0.3, -0.25) is 4.79 Å². The Bertz CT molecular complexity index is 582. The van der Waals surface area contributed by atoms with Crippen LogP contribution >= 0.6 is 11.6 Å². The molecule has 1 aromatic carbocycles. The van der Waals surface area contributed by atoms with Gasteiger partial charge in [0.15, 0.2) is 5.82 Å². The molecular formula is C11H11ClN4O2. The monoisotopic (exact) mass is 266 g/mol. The molecule has 0 aliphatic heterocycles. The summed E-state index contributed by atoms with van der Waals surface area (Å²) in [7, 11) is 0. The first-order valence-corrected chi connectivity index (χ1v) is 5.71. The van der Waals surface area contributed by atoms with E-state index in [2.05, 4.69) is 15.4 Å². The molecule has 7 heteroatoms. The highest BCUT2D eigenvalue weighted by Gasteiger charge is 2.07. The number of carbonyl (C=O) groups is 1. The molecule has 0 radical (unpaired) electrons. The third-order valence-electron chi connectivity index (χ3n) is 2.40. The molecular weight excluding hydrogens is 256 g/mol. The van der Waals surface area contributed by atoms with Crippen molar-refractivity contribution < 1.29 is 9.90 Å². The molecule has 2 rings (SSSR count). The zero-order valence-electron chi connectivity index (χ0n) is 9.67. The summed E-state index contributed by atoms with van der Waals surface area (Å²) in [4.78, 5) is 11.8. The predicted octanol–water partition coefficient (Wildman–Crippen LogP) is 1.64. The predicted molar refractivity (Wildman–Crippen MR) is 64.9 cm³/mol. The molecule has 0 spiro atoms. The molecule has 1 N–H and O–H groups in total. The Morgan fingerprint density at radius 2 is 2.28 bits per heavy atom. The molecule has 0 amide bonds. The van der Waals surface area contributed by atoms with Gasteiger partial charge in [0.1, 0.15) is 0 Å². The lowest BCUT2D eigenvalue weighted by atomic mass is 10.2. The number of aliphatic carboxylic acids is 1. The number of carboxylic acid groups (broad SMARTS) is 1. The highest BCUT2D eigenvalue weighted by atomic mass is 35.5. The Labute approximate surface area is 108 Å². The maximum atomic E-state index is 10.4. The van der Waals surface area contributed by atoms with E-state index >= 15 is 0 Å². The first-order chi connectivity index (χ1) is 8.56. The normalized spacial score (nSPS) is 10.6. The van der Waals surface area contributed by atoms with Gasteiger partial charge >= 0.3 is 5.97 Å². The van der Waals surface area contributed by atoms with Gasteiger partial charge in [-0.15, -0.1) is 15.0 Å². The molecule has 0 aliphatic carbocycles. The second-order valence-corrected chi connectivity index (χ2v) is 4.23. The van der Waals surface area contributed by atoms with E-state index in [0.29, 0.717) is 16.5 Å². The highest BCUT2D eigenvalue weighted by Crippen LogP contribution is 2.18. The number of rotatable bonds is 4. The quantitative estimate of drug-likeness (QED) is 0.910. The summed E-state index contributed by atoms with van der Waals surface area (Å²) in [5.41, 5.74) is 1.66. The number of aromatic nitrogens is 4. The van der Waals surface area contributed by atoms with Crippen LogP contribution in [-0.4, -0.2) is 31.3 Å². The van der Waals surface area contributed by atoms with Crippen molar-refractivity contribution in [2.45, 2.75) is 19.8 Å². The van der Waals surface area contributed by atoms with Gasteiger partial charge in [-0.2, -0.15) is 0 Å². The lowest BCUT2D eigenvalue weighted by molar-refractivity contribution is -0.137. The van der Waals surface area contributed by atoms with Crippen molar-refractivity contribution in [3.05, 3.63) is 34.6 Å². The summed E-state index contributed by atoms with van der Waals surface area (Å²) in [6.45, 7) is 1.90. The number of hydrogen-bond acceptors (Lipinski definition) is 4. The fraction of sp³-hybridized carbons (Fsp3) is 0.273. The number of carboxylic acids is 1. The van der Waals surface area contributed by atoms with Crippen LogP contribution in [-0.2, 0) is 11.2 Å². The molecule has 18 heavy (non-hydrogen) atoms. The van der Waals surface area contributed by atoms with Crippen molar-refractivity contribution in [2.75, 3.05) is 0 Å². The Kier molecular flexibility index (Phi) is 3.57. The number of halogens is 1. The van der Waals surface area contributed by atoms with Crippen LogP contribution in [0.1, 0.15) is 17.8 Å². The molecule has 0 aliphatic rings. The van der Waals surface area contributed by atoms with Gasteiger partial charge in [-0.05, 0) is 29.8 Å². The maximum Gasteiger partial charge on any atom is 0.303 e. The van der Waals surface area contributed by atoms with Crippen LogP contribution in [0.25, 0.3) is 5.69 Å². The number of benzene rings is 1. The number of aryl methyl sites for hydroxylation is 2. The largest absolute Gasteiger partial charge is 0.481 e. The lowest BCUT2D eigenvalue weighted by Gasteiger charge is -2.01. The molecule has 94 valence electrons. The van der Waals surface area contributed by atoms with E-state index in [1.54, 1.807) is 6.07 Å². The van der Waals surface area contributed by atoms with Crippen molar-refractivity contribution >= 4 is 17.6 Å². The van der Waals surface area contributed by atoms with Crippen LogP contribution in [0.4, 0.5) is 0 Å². The van der Waals surface area contributed by atoms with Crippen molar-refractivity contribution in [1.29, 1.82) is 0 Å². The van der Waals surface area contributed by atoms with E-state index in [1.807, 2.05) is 19.1 Å². The third kappa shape index (κ3) is 2.84. The number of tetrazole rings is 1. The first kappa shape index (κ1) is 12.5. The molecule has 2 aromatic rings. The molecule has 0 bridgehead atoms. The first-order valence-electron chi connectivity index (χ1n) is 5.33. The average Bonchev–Trinajstić information content (AvgIpc) is 2.79. The molecule has 0 saturated heterocycles. The third-order valence-corrected chi connectivity index (χ3v) is 2.81. The highest BCUT2D eigenvalue weighted by molar-refractivity contribution is 6.31. The maximum absolute atomic E-state index is 10.4. The summed E-state index contributed by atoms with van der Waals surface area (Å²) < 4.78 is 0. The fourth-order valence-electron chi connectivity index (χ4n) is 1.38. The van der Waals surface area contributed by atoms with Gasteiger partial charge in [0, 0.05) is 11.4 Å². The minimum absolute atomic E-state index is 0.0135. The number of hydrogen-bond donors (Lipinski definition) is 1. The summed E-state index contributed by atoms with van der Waals surface area (Å²) in [6.07, 6.45) is 0.245. The zero-order chi connectivity index (χ0) is 13.1. The minimum Gasteiger partial charge on any atom is -0.481 e. The van der Waals surface area contributed by atoms with Crippen LogP contribution < -0.4 is 0 Å². The van der Waals surface area contributed by atoms with Crippen LogP contribution in [0.3, 0.4) is 0 Å². The second-order valence-electron chi connectivity index (χ2n) is 3.82. The summed E-state index contributed by atoms with van der Waals surface area (Å²) in [5, 5.41) is 20.9. The van der Waals surface area contributed by atoms with Crippen LogP contribution in [0.5, 0.6) is 0 Å². The van der Waals surface area contributed by atoms with E-state index in [-0.39, 0.29) is 12.8 Å². The van der Waals surface area contributed by atoms with E-state index in [9.17, 15) is 4.79 Å². The van der Waals surface area contributed by atoms with E-state index < -0.39 is 5.97 Å². The van der Waals surface area contributed by atoms with Gasteiger partial charge in [-0.25, -0.2) is 0 Å². The van der Waals surface area contributed by atoms with Crippen LogP contribution in [0.2, 0.25) is 5.02 Å². The van der Waals surface area contributed by atoms with Crippen molar-refractivity contribution in [1.82, 2.24) is 20.2 Å². The van der Waals surface area contributed by atoms with Crippen LogP contribution in [0.15, 0.2) is 18.2 Å². The average molecular weight is 267 g/mol. The zero-order valence-corrected chi connectivity index (χ0v) is 10.4. The van der Waals surface area contributed by atoms with Gasteiger partial charge in [0.05, 0.1) is 12.1 Å². The molecule has 0 fully saturated rings. The van der Waals surface area contributed by atoms with E-state index in [4.69, 9.17) is 16.7 Å². The standard InChI is InChI=1S/C11H11ClN4O2/c1-7-2-3-8(6-9(7)12)16-14-10(13-15-16)4-5-11(17)18/h2-3,6H,4-5H2,1H3,(H,17,18). The summed E-state index contributed by atoms with van der Waals surface area (Å²) in [5.74, 6) is -0.487. The molecule has 0 atom stereocenters. The smallest absolute Gasteiger partial charge is 0.303 e. The van der Waals surface area contributed by atoms with Gasteiger partial charge < -0.3 is 5.11 Å². The number of nitrogens with zero attached hydrogens (tertiary/aromatic N) is 4. The SMILES string of the molecule is Cc1ccc(-n2nnc(CCC(=O)O)n2)cc1Cl. The Morgan fingerprint density at radius 3 is 2.94 bits per heavy atom. The molecule has 1 heterocycles. The fourth-order valence-corrected chi connectivity index (χ4v) is 1.55. The summed E-state index contributed by atoms with van der Waals surface area (Å²) in [6, 6.07) is 5.42. The van der Waals surface area contributed by atoms with Crippen molar-refractivity contribution in [3.63, 3.8) is 0 Å². The second kappa shape index (κ2) is 5.14. The Balaban J connectivity index is 2.18. The molecule has 6 nitrogen and oxygen atoms in total. The van der Waals surface area contributed by atoms with Gasteiger partial charge in [0.25, 0.3) is 0 Å². The Hall–Kier alpha value is -1.95. The topological polar surface area (TPSA) is 80.9 Å².